The third-order valence-corrected chi connectivity index (χ3v) is 8.29. The minimum absolute atomic E-state index is 0.0112. The number of sulfonamides is 1. The van der Waals surface area contributed by atoms with Gasteiger partial charge in [-0.15, -0.1) is 0 Å². The maximum atomic E-state index is 14.0. The van der Waals surface area contributed by atoms with E-state index < -0.39 is 15.9 Å². The van der Waals surface area contributed by atoms with Gasteiger partial charge in [0.1, 0.15) is 0 Å². The van der Waals surface area contributed by atoms with E-state index in [1.807, 2.05) is 12.1 Å². The van der Waals surface area contributed by atoms with Crippen LogP contribution in [-0.2, 0) is 16.4 Å². The molecule has 3 rings (SSSR count). The van der Waals surface area contributed by atoms with Crippen molar-refractivity contribution >= 4 is 49.1 Å². The van der Waals surface area contributed by atoms with Crippen molar-refractivity contribution in [3.8, 4) is 17.2 Å². The molecule has 36 heavy (non-hydrogen) atoms. The van der Waals surface area contributed by atoms with Gasteiger partial charge in [-0.1, -0.05) is 37.1 Å². The second-order valence-corrected chi connectivity index (χ2v) is 10.8. The Bertz CT molecular complexity index is 1330. The number of nitrogens with zero attached hydrogens (tertiary/aromatic N) is 1. The molecule has 3 aromatic carbocycles. The number of carbonyl (C=O) groups is 1. The molecular formula is C26H27BrClNO6S. The van der Waals surface area contributed by atoms with E-state index in [9.17, 15) is 13.2 Å². The molecule has 0 atom stereocenters. The lowest BCUT2D eigenvalue weighted by Gasteiger charge is -2.25. The molecule has 7 nitrogen and oxygen atoms in total. The topological polar surface area (TPSA) is 82.1 Å². The largest absolute Gasteiger partial charge is 0.493 e. The zero-order valence-corrected chi connectivity index (χ0v) is 23.5. The Morgan fingerprint density at radius 1 is 0.944 bits per heavy atom. The maximum absolute atomic E-state index is 14.0. The first-order chi connectivity index (χ1) is 17.2. The smallest absolute Gasteiger partial charge is 0.273 e. The first-order valence-electron chi connectivity index (χ1n) is 11.1. The summed E-state index contributed by atoms with van der Waals surface area (Å²) in [6.45, 7) is 2.10. The predicted molar refractivity (Wildman–Crippen MR) is 144 cm³/mol. The Morgan fingerprint density at radius 3 is 2.08 bits per heavy atom. The lowest BCUT2D eigenvalue weighted by molar-refractivity contribution is 0.100. The summed E-state index contributed by atoms with van der Waals surface area (Å²) in [4.78, 5) is 13.9. The van der Waals surface area contributed by atoms with Crippen molar-refractivity contribution < 1.29 is 27.4 Å². The fraction of sp³-hybridized carbons (Fsp3) is 0.269. The summed E-state index contributed by atoms with van der Waals surface area (Å²) in [5, 5.41) is 0.375. The first-order valence-corrected chi connectivity index (χ1v) is 13.7. The minimum atomic E-state index is -4.33. The van der Waals surface area contributed by atoms with Crippen molar-refractivity contribution in [1.82, 2.24) is 0 Å². The summed E-state index contributed by atoms with van der Waals surface area (Å²) < 4.78 is 44.8. The fourth-order valence-corrected chi connectivity index (χ4v) is 5.80. The second kappa shape index (κ2) is 12.0. The van der Waals surface area contributed by atoms with Crippen molar-refractivity contribution in [2.75, 3.05) is 25.6 Å². The highest BCUT2D eigenvalue weighted by molar-refractivity contribution is 9.10. The summed E-state index contributed by atoms with van der Waals surface area (Å²) >= 11 is 9.36. The first kappa shape index (κ1) is 27.8. The number of anilines is 1. The van der Waals surface area contributed by atoms with E-state index in [1.54, 1.807) is 12.1 Å². The molecule has 0 N–H and O–H groups in total. The number of rotatable bonds is 10. The van der Waals surface area contributed by atoms with E-state index in [4.69, 9.17) is 25.8 Å². The molecular weight excluding hydrogens is 570 g/mol. The van der Waals surface area contributed by atoms with Crippen molar-refractivity contribution in [1.29, 1.82) is 0 Å². The van der Waals surface area contributed by atoms with Crippen LogP contribution in [0.1, 0.15) is 35.7 Å². The van der Waals surface area contributed by atoms with Crippen molar-refractivity contribution in [3.63, 3.8) is 0 Å². The average molecular weight is 597 g/mol. The van der Waals surface area contributed by atoms with Gasteiger partial charge in [-0.05, 0) is 76.8 Å². The highest BCUT2D eigenvalue weighted by Gasteiger charge is 2.35. The molecule has 0 aliphatic rings. The molecule has 0 spiro atoms. The molecule has 0 saturated carbocycles. The van der Waals surface area contributed by atoms with Gasteiger partial charge in [0.25, 0.3) is 15.9 Å². The molecule has 0 bridgehead atoms. The number of benzene rings is 3. The summed E-state index contributed by atoms with van der Waals surface area (Å²) in [5.74, 6) is -0.146. The molecule has 1 amide bonds. The Kier molecular flexibility index (Phi) is 9.27. The van der Waals surface area contributed by atoms with Crippen molar-refractivity contribution in [3.05, 3.63) is 75.2 Å². The van der Waals surface area contributed by atoms with E-state index in [2.05, 4.69) is 22.9 Å². The molecule has 0 heterocycles. The van der Waals surface area contributed by atoms with Crippen LogP contribution < -0.4 is 18.5 Å². The normalized spacial score (nSPS) is 11.2. The standard InChI is InChI=1S/C26H27BrClNO6S/c1-5-6-7-17-8-12-19(13-9-17)29(36(31,32)20-14-10-18(28)11-15-20)26(30)21-16-22(33-2)24(34-3)25(35-4)23(21)27/h8-16H,5-7H2,1-4H3. The van der Waals surface area contributed by atoms with Gasteiger partial charge in [-0.2, -0.15) is 4.31 Å². The van der Waals surface area contributed by atoms with E-state index in [0.717, 1.165) is 29.1 Å². The van der Waals surface area contributed by atoms with Crippen LogP contribution in [0.5, 0.6) is 17.2 Å². The number of aryl methyl sites for hydroxylation is 1. The van der Waals surface area contributed by atoms with Crippen LogP contribution in [0.3, 0.4) is 0 Å². The zero-order chi connectivity index (χ0) is 26.5. The monoisotopic (exact) mass is 595 g/mol. The summed E-state index contributed by atoms with van der Waals surface area (Å²) in [6, 6.07) is 14.0. The molecule has 0 unspecified atom stereocenters. The molecule has 3 aromatic rings. The molecule has 0 aliphatic carbocycles. The molecule has 10 heteroatoms. The fourth-order valence-electron chi connectivity index (χ4n) is 3.64. The SMILES string of the molecule is CCCCc1ccc(N(C(=O)c2cc(OC)c(OC)c(OC)c2Br)S(=O)(=O)c2ccc(Cl)cc2)cc1. The van der Waals surface area contributed by atoms with Gasteiger partial charge in [-0.25, -0.2) is 8.42 Å². The van der Waals surface area contributed by atoms with E-state index in [1.165, 1.54) is 51.7 Å². The molecule has 0 radical (unpaired) electrons. The minimum Gasteiger partial charge on any atom is -0.493 e. The summed E-state index contributed by atoms with van der Waals surface area (Å²) in [5.41, 5.74) is 1.25. The maximum Gasteiger partial charge on any atom is 0.273 e. The highest BCUT2D eigenvalue weighted by Crippen LogP contribution is 2.45. The third kappa shape index (κ3) is 5.63. The number of amides is 1. The van der Waals surface area contributed by atoms with Gasteiger partial charge in [0.05, 0.1) is 41.9 Å². The van der Waals surface area contributed by atoms with Crippen molar-refractivity contribution in [2.45, 2.75) is 31.1 Å². The van der Waals surface area contributed by atoms with Gasteiger partial charge >= 0.3 is 0 Å². The summed E-state index contributed by atoms with van der Waals surface area (Å²) in [7, 11) is -0.0683. The number of halogens is 2. The number of hydrogen-bond donors (Lipinski definition) is 0. The Balaban J connectivity index is 2.22. The molecule has 0 saturated heterocycles. The van der Waals surface area contributed by atoms with Gasteiger partial charge in [0, 0.05) is 5.02 Å². The van der Waals surface area contributed by atoms with Crippen molar-refractivity contribution in [2.24, 2.45) is 0 Å². The van der Waals surface area contributed by atoms with E-state index in [-0.39, 0.29) is 37.9 Å². The quantitative estimate of drug-likeness (QED) is 0.266. The van der Waals surface area contributed by atoms with Crippen LogP contribution >= 0.6 is 27.5 Å². The van der Waals surface area contributed by atoms with Gasteiger partial charge in [-0.3, -0.25) is 4.79 Å². The highest BCUT2D eigenvalue weighted by atomic mass is 79.9. The number of unbranched alkanes of at least 4 members (excludes halogenated alkanes) is 1. The van der Waals surface area contributed by atoms with Crippen LogP contribution in [0.25, 0.3) is 0 Å². The Hall–Kier alpha value is -2.75. The van der Waals surface area contributed by atoms with E-state index in [0.29, 0.717) is 5.02 Å². The Labute approximate surface area is 225 Å². The number of carbonyl (C=O) groups excluding carboxylic acids is 1. The van der Waals surface area contributed by atoms with E-state index >= 15 is 0 Å². The zero-order valence-electron chi connectivity index (χ0n) is 20.4. The van der Waals surface area contributed by atoms with Gasteiger partial charge in [0.15, 0.2) is 11.5 Å². The van der Waals surface area contributed by atoms with Crippen LogP contribution in [0.4, 0.5) is 5.69 Å². The average Bonchev–Trinajstić information content (AvgIpc) is 2.87. The van der Waals surface area contributed by atoms with Crippen LogP contribution in [0.15, 0.2) is 64.0 Å². The van der Waals surface area contributed by atoms with Crippen LogP contribution in [0, 0.1) is 0 Å². The molecule has 0 aromatic heterocycles. The Morgan fingerprint density at radius 2 is 1.56 bits per heavy atom. The third-order valence-electron chi connectivity index (χ3n) is 5.53. The molecule has 192 valence electrons. The lowest BCUT2D eigenvalue weighted by Crippen LogP contribution is -2.37. The van der Waals surface area contributed by atoms with Gasteiger partial charge in [0.2, 0.25) is 5.75 Å². The molecule has 0 fully saturated rings. The number of methoxy groups -OCH3 is 3. The van der Waals surface area contributed by atoms with Crippen LogP contribution in [0.2, 0.25) is 5.02 Å². The van der Waals surface area contributed by atoms with Gasteiger partial charge < -0.3 is 14.2 Å². The lowest BCUT2D eigenvalue weighted by atomic mass is 10.1. The molecule has 0 aliphatic heterocycles. The predicted octanol–water partition coefficient (Wildman–Crippen LogP) is 6.51. The number of hydrogen-bond acceptors (Lipinski definition) is 6. The second-order valence-electron chi connectivity index (χ2n) is 7.81. The summed E-state index contributed by atoms with van der Waals surface area (Å²) in [6.07, 6.45) is 2.89. The van der Waals surface area contributed by atoms with Crippen LogP contribution in [-0.4, -0.2) is 35.7 Å². The number of ether oxygens (including phenoxy) is 3.